The summed E-state index contributed by atoms with van der Waals surface area (Å²) in [6.45, 7) is 3.72. The Bertz CT molecular complexity index is 490. The van der Waals surface area contributed by atoms with Gasteiger partial charge >= 0.3 is 0 Å². The lowest BCUT2D eigenvalue weighted by atomic mass is 9.94. The molecule has 0 saturated heterocycles. The number of nitriles is 1. The van der Waals surface area contributed by atoms with Gasteiger partial charge in [-0.1, -0.05) is 13.8 Å². The fourth-order valence-electron chi connectivity index (χ4n) is 1.56. The van der Waals surface area contributed by atoms with E-state index in [1.165, 1.54) is 6.07 Å². The fraction of sp³-hybridized carbons (Fsp3) is 0.385. The van der Waals surface area contributed by atoms with Gasteiger partial charge in [-0.05, 0) is 53.6 Å². The number of rotatable bonds is 4. The Kier molecular flexibility index (Phi) is 4.96. The molecule has 0 heterocycles. The number of phenolic OH excluding ortho intramolecular Hbond substituents is 1. The number of carbonyl (C=O) groups excluding carboxylic acids is 1. The molecule has 0 bridgehead atoms. The molecule has 0 aliphatic heterocycles. The topological polar surface area (TPSA) is 73.1 Å². The zero-order chi connectivity index (χ0) is 13.8. The van der Waals surface area contributed by atoms with Crippen LogP contribution in [0.4, 0.5) is 0 Å². The second-order valence-corrected chi connectivity index (χ2v) is 5.18. The lowest BCUT2D eigenvalue weighted by Gasteiger charge is -2.24. The van der Waals surface area contributed by atoms with Crippen molar-refractivity contribution in [1.29, 1.82) is 5.26 Å². The van der Waals surface area contributed by atoms with Gasteiger partial charge in [-0.25, -0.2) is 0 Å². The van der Waals surface area contributed by atoms with Gasteiger partial charge in [-0.3, -0.25) is 4.79 Å². The number of benzene rings is 1. The van der Waals surface area contributed by atoms with Crippen LogP contribution in [-0.4, -0.2) is 16.6 Å². The minimum absolute atomic E-state index is 0.0683. The Balaban J connectivity index is 2.95. The molecule has 2 N–H and O–H groups in total. The molecule has 0 atom stereocenters. The van der Waals surface area contributed by atoms with Crippen molar-refractivity contribution in [3.8, 4) is 11.8 Å². The third-order valence-corrected chi connectivity index (χ3v) is 3.89. The number of halogens is 1. The summed E-state index contributed by atoms with van der Waals surface area (Å²) in [5.74, 6) is -0.272. The van der Waals surface area contributed by atoms with Crippen LogP contribution in [0.1, 0.15) is 37.0 Å². The van der Waals surface area contributed by atoms with E-state index in [1.54, 1.807) is 12.1 Å². The van der Waals surface area contributed by atoms with Crippen LogP contribution >= 0.6 is 22.6 Å². The number of hydrogen-bond donors (Lipinski definition) is 2. The maximum atomic E-state index is 12.0. The third kappa shape index (κ3) is 3.13. The van der Waals surface area contributed by atoms with Crippen LogP contribution < -0.4 is 5.32 Å². The van der Waals surface area contributed by atoms with Crippen molar-refractivity contribution < 1.29 is 9.90 Å². The molecule has 0 aliphatic carbocycles. The number of aromatic hydroxyl groups is 1. The highest BCUT2D eigenvalue weighted by Crippen LogP contribution is 2.21. The van der Waals surface area contributed by atoms with E-state index in [1.807, 2.05) is 36.4 Å². The molecule has 0 radical (unpaired) electrons. The summed E-state index contributed by atoms with van der Waals surface area (Å²) < 4.78 is 0.682. The zero-order valence-corrected chi connectivity index (χ0v) is 12.5. The molecule has 0 spiro atoms. The second-order valence-electron chi connectivity index (χ2n) is 4.02. The predicted octanol–water partition coefficient (Wildman–Crippen LogP) is 2.81. The first-order valence-electron chi connectivity index (χ1n) is 5.70. The van der Waals surface area contributed by atoms with Crippen molar-refractivity contribution in [3.05, 3.63) is 27.3 Å². The molecule has 1 rings (SSSR count). The summed E-state index contributed by atoms with van der Waals surface area (Å²) in [6, 6.07) is 6.85. The number of nitrogens with zero attached hydrogens (tertiary/aromatic N) is 1. The summed E-state index contributed by atoms with van der Waals surface area (Å²) in [5.41, 5.74) is -0.482. The average molecular weight is 358 g/mol. The van der Waals surface area contributed by atoms with Gasteiger partial charge in [-0.2, -0.15) is 5.26 Å². The van der Waals surface area contributed by atoms with Gasteiger partial charge < -0.3 is 10.4 Å². The van der Waals surface area contributed by atoms with Crippen molar-refractivity contribution in [2.75, 3.05) is 0 Å². The summed E-state index contributed by atoms with van der Waals surface area (Å²) in [7, 11) is 0. The highest BCUT2D eigenvalue weighted by Gasteiger charge is 2.28. The molecular formula is C13H15IN2O2. The van der Waals surface area contributed by atoms with Gasteiger partial charge in [0.2, 0.25) is 0 Å². The highest BCUT2D eigenvalue weighted by molar-refractivity contribution is 14.1. The molecule has 0 unspecified atom stereocenters. The highest BCUT2D eigenvalue weighted by atomic mass is 127. The lowest BCUT2D eigenvalue weighted by Crippen LogP contribution is -2.46. The number of phenols is 1. The van der Waals surface area contributed by atoms with Gasteiger partial charge in [0.1, 0.15) is 11.3 Å². The molecule has 18 heavy (non-hydrogen) atoms. The molecule has 0 saturated carbocycles. The van der Waals surface area contributed by atoms with Crippen LogP contribution in [0.25, 0.3) is 0 Å². The Hall–Kier alpha value is -1.29. The summed E-state index contributed by atoms with van der Waals surface area (Å²) in [6.07, 6.45) is 1.09. The van der Waals surface area contributed by atoms with E-state index in [2.05, 4.69) is 11.4 Å². The smallest absolute Gasteiger partial charge is 0.252 e. The first-order chi connectivity index (χ1) is 8.48. The largest absolute Gasteiger partial charge is 0.507 e. The minimum Gasteiger partial charge on any atom is -0.507 e. The number of amides is 1. The molecule has 4 nitrogen and oxygen atoms in total. The Morgan fingerprint density at radius 3 is 2.56 bits per heavy atom. The minimum atomic E-state index is -0.838. The lowest BCUT2D eigenvalue weighted by molar-refractivity contribution is 0.0915. The zero-order valence-electron chi connectivity index (χ0n) is 10.3. The maximum Gasteiger partial charge on any atom is 0.252 e. The van der Waals surface area contributed by atoms with Crippen LogP contribution in [0, 0.1) is 14.9 Å². The van der Waals surface area contributed by atoms with Crippen molar-refractivity contribution in [1.82, 2.24) is 5.32 Å². The Labute approximate surface area is 120 Å². The number of nitrogens with one attached hydrogen (secondary N) is 1. The summed E-state index contributed by atoms with van der Waals surface area (Å²) >= 11 is 1.98. The van der Waals surface area contributed by atoms with Gasteiger partial charge in [-0.15, -0.1) is 0 Å². The van der Waals surface area contributed by atoms with E-state index in [9.17, 15) is 9.90 Å². The quantitative estimate of drug-likeness (QED) is 0.813. The first kappa shape index (κ1) is 14.8. The van der Waals surface area contributed by atoms with Crippen LogP contribution in [0.3, 0.4) is 0 Å². The van der Waals surface area contributed by atoms with Gasteiger partial charge in [0.05, 0.1) is 9.64 Å². The molecule has 96 valence electrons. The van der Waals surface area contributed by atoms with Crippen molar-refractivity contribution >= 4 is 28.5 Å². The Morgan fingerprint density at radius 2 is 2.11 bits per heavy atom. The standard InChI is InChI=1S/C13H15IN2O2/c1-3-13(4-2,8-15)16-12(18)9-5-6-10(14)11(17)7-9/h5-7,17H,3-4H2,1-2H3,(H,16,18). The van der Waals surface area contributed by atoms with E-state index >= 15 is 0 Å². The van der Waals surface area contributed by atoms with E-state index in [0.29, 0.717) is 22.0 Å². The predicted molar refractivity (Wildman–Crippen MR) is 77.2 cm³/mol. The summed E-state index contributed by atoms with van der Waals surface area (Å²) in [4.78, 5) is 12.0. The molecule has 1 aromatic rings. The SMILES string of the molecule is CCC(C#N)(CC)NC(=O)c1ccc(I)c(O)c1. The fourth-order valence-corrected chi connectivity index (χ4v) is 1.89. The van der Waals surface area contributed by atoms with Crippen molar-refractivity contribution in [3.63, 3.8) is 0 Å². The molecule has 1 amide bonds. The molecular weight excluding hydrogens is 343 g/mol. The van der Waals surface area contributed by atoms with Crippen LogP contribution in [-0.2, 0) is 0 Å². The summed E-state index contributed by atoms with van der Waals surface area (Å²) in [5, 5.41) is 21.5. The van der Waals surface area contributed by atoms with E-state index in [-0.39, 0.29) is 11.7 Å². The monoisotopic (exact) mass is 358 g/mol. The maximum absolute atomic E-state index is 12.0. The molecule has 5 heteroatoms. The average Bonchev–Trinajstić information content (AvgIpc) is 2.39. The van der Waals surface area contributed by atoms with Crippen molar-refractivity contribution in [2.24, 2.45) is 0 Å². The van der Waals surface area contributed by atoms with Crippen LogP contribution in [0.2, 0.25) is 0 Å². The first-order valence-corrected chi connectivity index (χ1v) is 6.78. The molecule has 0 aliphatic rings. The molecule has 0 fully saturated rings. The third-order valence-electron chi connectivity index (χ3n) is 2.98. The van der Waals surface area contributed by atoms with E-state index < -0.39 is 5.54 Å². The van der Waals surface area contributed by atoms with Gasteiger partial charge in [0, 0.05) is 5.56 Å². The molecule has 1 aromatic carbocycles. The van der Waals surface area contributed by atoms with Gasteiger partial charge in [0.25, 0.3) is 5.91 Å². The Morgan fingerprint density at radius 1 is 1.50 bits per heavy atom. The second kappa shape index (κ2) is 6.05. The molecule has 0 aromatic heterocycles. The number of hydrogen-bond acceptors (Lipinski definition) is 3. The van der Waals surface area contributed by atoms with Crippen LogP contribution in [0.15, 0.2) is 18.2 Å². The van der Waals surface area contributed by atoms with E-state index in [4.69, 9.17) is 5.26 Å². The van der Waals surface area contributed by atoms with Gasteiger partial charge in [0.15, 0.2) is 0 Å². The number of carbonyl (C=O) groups is 1. The van der Waals surface area contributed by atoms with Crippen LogP contribution in [0.5, 0.6) is 5.75 Å². The van der Waals surface area contributed by atoms with Crippen molar-refractivity contribution in [2.45, 2.75) is 32.2 Å². The van der Waals surface area contributed by atoms with E-state index in [0.717, 1.165) is 0 Å². The normalized spacial score (nSPS) is 10.8.